The van der Waals surface area contributed by atoms with Gasteiger partial charge >= 0.3 is 0 Å². The quantitative estimate of drug-likeness (QED) is 0.856. The number of nitrogens with one attached hydrogen (secondary N) is 1. The number of benzene rings is 2. The van der Waals surface area contributed by atoms with E-state index in [1.807, 2.05) is 0 Å². The van der Waals surface area contributed by atoms with Crippen molar-refractivity contribution in [3.8, 4) is 5.75 Å². The SMILES string of the molecule is CNS(=O)(=O)c1ccc2c(c1)CCN2C(=O)COc1ccc(F)cc1F. The second-order valence-electron chi connectivity index (χ2n) is 5.66. The van der Waals surface area contributed by atoms with Gasteiger partial charge < -0.3 is 9.64 Å². The number of hydrogen-bond acceptors (Lipinski definition) is 4. The van der Waals surface area contributed by atoms with Crippen molar-refractivity contribution in [2.24, 2.45) is 0 Å². The average molecular weight is 382 g/mol. The van der Waals surface area contributed by atoms with Crippen LogP contribution in [-0.4, -0.2) is 34.5 Å². The molecule has 0 aromatic heterocycles. The van der Waals surface area contributed by atoms with E-state index >= 15 is 0 Å². The second-order valence-corrected chi connectivity index (χ2v) is 7.54. The minimum atomic E-state index is -3.56. The van der Waals surface area contributed by atoms with Gasteiger partial charge in [0.25, 0.3) is 5.91 Å². The van der Waals surface area contributed by atoms with Crippen LogP contribution in [0.3, 0.4) is 0 Å². The van der Waals surface area contributed by atoms with Gasteiger partial charge in [0.05, 0.1) is 4.90 Å². The van der Waals surface area contributed by atoms with Gasteiger partial charge in [0.15, 0.2) is 18.2 Å². The first-order chi connectivity index (χ1) is 12.3. The topological polar surface area (TPSA) is 75.7 Å². The maximum absolute atomic E-state index is 13.6. The molecule has 1 aliphatic rings. The fourth-order valence-electron chi connectivity index (χ4n) is 2.73. The fourth-order valence-corrected chi connectivity index (χ4v) is 3.51. The van der Waals surface area contributed by atoms with Gasteiger partial charge in [-0.3, -0.25) is 4.79 Å². The van der Waals surface area contributed by atoms with Crippen LogP contribution in [0.15, 0.2) is 41.3 Å². The lowest BCUT2D eigenvalue weighted by atomic mass is 10.2. The number of hydrogen-bond donors (Lipinski definition) is 1. The third kappa shape index (κ3) is 3.54. The predicted molar refractivity (Wildman–Crippen MR) is 90.6 cm³/mol. The van der Waals surface area contributed by atoms with Crippen LogP contribution in [0.5, 0.6) is 5.75 Å². The molecule has 1 heterocycles. The van der Waals surface area contributed by atoms with Crippen LogP contribution in [-0.2, 0) is 21.2 Å². The van der Waals surface area contributed by atoms with Crippen LogP contribution in [0.25, 0.3) is 0 Å². The van der Waals surface area contributed by atoms with Gasteiger partial charge in [-0.2, -0.15) is 0 Å². The van der Waals surface area contributed by atoms with Gasteiger partial charge in [0.2, 0.25) is 10.0 Å². The highest BCUT2D eigenvalue weighted by atomic mass is 32.2. The number of ether oxygens (including phenoxy) is 1. The molecule has 138 valence electrons. The van der Waals surface area contributed by atoms with Crippen molar-refractivity contribution >= 4 is 21.6 Å². The summed E-state index contributed by atoms with van der Waals surface area (Å²) in [6.45, 7) is -0.0506. The third-order valence-electron chi connectivity index (χ3n) is 4.07. The van der Waals surface area contributed by atoms with Crippen LogP contribution < -0.4 is 14.4 Å². The van der Waals surface area contributed by atoms with Gasteiger partial charge in [-0.1, -0.05) is 0 Å². The summed E-state index contributed by atoms with van der Waals surface area (Å²) in [4.78, 5) is 13.9. The zero-order chi connectivity index (χ0) is 18.9. The van der Waals surface area contributed by atoms with Gasteiger partial charge in [-0.25, -0.2) is 21.9 Å². The van der Waals surface area contributed by atoms with Crippen LogP contribution in [0.1, 0.15) is 5.56 Å². The van der Waals surface area contributed by atoms with E-state index in [2.05, 4.69) is 4.72 Å². The van der Waals surface area contributed by atoms with Crippen molar-refractivity contribution < 1.29 is 26.7 Å². The highest BCUT2D eigenvalue weighted by Crippen LogP contribution is 2.30. The molecule has 2 aromatic carbocycles. The predicted octanol–water partition coefficient (Wildman–Crippen LogP) is 1.84. The van der Waals surface area contributed by atoms with Gasteiger partial charge in [0, 0.05) is 18.3 Å². The molecule has 9 heteroatoms. The van der Waals surface area contributed by atoms with E-state index in [0.29, 0.717) is 24.7 Å². The third-order valence-corrected chi connectivity index (χ3v) is 5.48. The molecule has 0 atom stereocenters. The van der Waals surface area contributed by atoms with Crippen molar-refractivity contribution in [3.05, 3.63) is 53.6 Å². The summed E-state index contributed by atoms with van der Waals surface area (Å²) in [5, 5.41) is 0. The normalized spacial score (nSPS) is 13.6. The van der Waals surface area contributed by atoms with Crippen molar-refractivity contribution in [2.45, 2.75) is 11.3 Å². The molecule has 3 rings (SSSR count). The monoisotopic (exact) mass is 382 g/mol. The highest BCUT2D eigenvalue weighted by Gasteiger charge is 2.26. The van der Waals surface area contributed by atoms with Gasteiger partial charge in [0.1, 0.15) is 5.82 Å². The smallest absolute Gasteiger partial charge is 0.264 e. The number of nitrogens with zero attached hydrogens (tertiary/aromatic N) is 1. The van der Waals surface area contributed by atoms with Crippen LogP contribution in [0.4, 0.5) is 14.5 Å². The largest absolute Gasteiger partial charge is 0.481 e. The van der Waals surface area contributed by atoms with Crippen LogP contribution in [0, 0.1) is 11.6 Å². The number of carbonyl (C=O) groups is 1. The highest BCUT2D eigenvalue weighted by molar-refractivity contribution is 7.89. The zero-order valence-electron chi connectivity index (χ0n) is 13.8. The first-order valence-electron chi connectivity index (χ1n) is 7.76. The molecule has 0 spiro atoms. The molecular formula is C17H16F2N2O4S. The molecule has 0 saturated carbocycles. The van der Waals surface area contributed by atoms with Crippen LogP contribution >= 0.6 is 0 Å². The Hall–Kier alpha value is -2.52. The number of halogens is 2. The minimum Gasteiger partial charge on any atom is -0.481 e. The van der Waals surface area contributed by atoms with Gasteiger partial charge in [-0.15, -0.1) is 0 Å². The maximum Gasteiger partial charge on any atom is 0.264 e. The van der Waals surface area contributed by atoms with Crippen LogP contribution in [0.2, 0.25) is 0 Å². The summed E-state index contributed by atoms with van der Waals surface area (Å²) in [6, 6.07) is 7.33. The molecule has 6 nitrogen and oxygen atoms in total. The molecule has 0 saturated heterocycles. The zero-order valence-corrected chi connectivity index (χ0v) is 14.6. The molecule has 26 heavy (non-hydrogen) atoms. The maximum atomic E-state index is 13.6. The summed E-state index contributed by atoms with van der Waals surface area (Å²) in [5.41, 5.74) is 1.32. The molecule has 0 fully saturated rings. The molecule has 1 amide bonds. The van der Waals surface area contributed by atoms with E-state index in [4.69, 9.17) is 4.74 Å². The van der Waals surface area contributed by atoms with Crippen molar-refractivity contribution in [1.82, 2.24) is 4.72 Å². The molecule has 0 aliphatic carbocycles. The Balaban J connectivity index is 1.73. The Morgan fingerprint density at radius 1 is 1.23 bits per heavy atom. The lowest BCUT2D eigenvalue weighted by Gasteiger charge is -2.18. The Bertz CT molecular complexity index is 963. The van der Waals surface area contributed by atoms with Crippen molar-refractivity contribution in [3.63, 3.8) is 0 Å². The summed E-state index contributed by atoms with van der Waals surface area (Å²) in [7, 11) is -2.24. The summed E-state index contributed by atoms with van der Waals surface area (Å²) in [5.74, 6) is -2.24. The lowest BCUT2D eigenvalue weighted by Crippen LogP contribution is -2.33. The van der Waals surface area contributed by atoms with E-state index < -0.39 is 34.2 Å². The Labute approximate surface area is 149 Å². The molecule has 2 aromatic rings. The van der Waals surface area contributed by atoms with Gasteiger partial charge in [-0.05, 0) is 49.4 Å². The molecule has 0 radical (unpaired) electrons. The van der Waals surface area contributed by atoms with E-state index in [1.54, 1.807) is 6.07 Å². The van der Waals surface area contributed by atoms with Crippen molar-refractivity contribution in [1.29, 1.82) is 0 Å². The number of rotatable bonds is 5. The molecule has 0 unspecified atom stereocenters. The first kappa shape index (κ1) is 18.3. The van der Waals surface area contributed by atoms with E-state index in [-0.39, 0.29) is 10.6 Å². The summed E-state index contributed by atoms with van der Waals surface area (Å²) < 4.78 is 57.5. The number of fused-ring (bicyclic) bond motifs is 1. The summed E-state index contributed by atoms with van der Waals surface area (Å²) >= 11 is 0. The number of sulfonamides is 1. The summed E-state index contributed by atoms with van der Waals surface area (Å²) in [6.07, 6.45) is 0.499. The Morgan fingerprint density at radius 3 is 2.69 bits per heavy atom. The van der Waals surface area contributed by atoms with E-state index in [9.17, 15) is 22.0 Å². The first-order valence-corrected chi connectivity index (χ1v) is 9.25. The Kier molecular flexibility index (Phi) is 4.92. The van der Waals surface area contributed by atoms with E-state index in [1.165, 1.54) is 24.1 Å². The number of amides is 1. The second kappa shape index (κ2) is 7.00. The lowest BCUT2D eigenvalue weighted by molar-refractivity contribution is -0.120. The standard InChI is InChI=1S/C17H16F2N2O4S/c1-20-26(23,24)13-3-4-15-11(8-13)6-7-21(15)17(22)10-25-16-5-2-12(18)9-14(16)19/h2-5,8-9,20H,6-7,10H2,1H3. The van der Waals surface area contributed by atoms with Crippen molar-refractivity contribution in [2.75, 3.05) is 25.1 Å². The molecule has 1 N–H and O–H groups in total. The number of carbonyl (C=O) groups excluding carboxylic acids is 1. The van der Waals surface area contributed by atoms with E-state index in [0.717, 1.165) is 17.7 Å². The molecular weight excluding hydrogens is 366 g/mol. The minimum absolute atomic E-state index is 0.123. The fraction of sp³-hybridized carbons (Fsp3) is 0.235. The average Bonchev–Trinajstić information content (AvgIpc) is 3.04. The number of anilines is 1. The molecule has 1 aliphatic heterocycles. The molecule has 0 bridgehead atoms. The Morgan fingerprint density at radius 2 is 2.00 bits per heavy atom.